The predicted octanol–water partition coefficient (Wildman–Crippen LogP) is 2.84. The van der Waals surface area contributed by atoms with Crippen LogP contribution in [-0.4, -0.2) is 55.4 Å². The number of rotatable bonds is 4. The number of thioether (sulfide) groups is 1. The molecule has 0 aliphatic carbocycles. The summed E-state index contributed by atoms with van der Waals surface area (Å²) in [5.74, 6) is 0.0477. The Morgan fingerprint density at radius 2 is 2.00 bits per heavy atom. The molecule has 1 amide bonds. The minimum atomic E-state index is 0.0477. The van der Waals surface area contributed by atoms with Gasteiger partial charge in [-0.1, -0.05) is 18.2 Å². The third-order valence-electron chi connectivity index (χ3n) is 4.07. The van der Waals surface area contributed by atoms with E-state index in [1.165, 1.54) is 11.8 Å². The summed E-state index contributed by atoms with van der Waals surface area (Å²) in [4.78, 5) is 21.9. The molecule has 2 aliphatic heterocycles. The maximum Gasteiger partial charge on any atom is 0.266 e. The number of morpholine rings is 1. The van der Waals surface area contributed by atoms with Gasteiger partial charge < -0.3 is 9.64 Å². The summed E-state index contributed by atoms with van der Waals surface area (Å²) in [5, 5.41) is 0.806. The molecule has 24 heavy (non-hydrogen) atoms. The first-order valence-corrected chi connectivity index (χ1v) is 9.23. The molecule has 0 N–H and O–H groups in total. The average molecular weight is 345 g/mol. The first kappa shape index (κ1) is 17.0. The highest BCUT2D eigenvalue weighted by atomic mass is 32.2. The lowest BCUT2D eigenvalue weighted by atomic mass is 10.1. The van der Waals surface area contributed by atoms with E-state index in [-0.39, 0.29) is 5.91 Å². The Morgan fingerprint density at radius 1 is 1.25 bits per heavy atom. The lowest BCUT2D eigenvalue weighted by Crippen LogP contribution is -2.36. The summed E-state index contributed by atoms with van der Waals surface area (Å²) < 4.78 is 5.44. The minimum absolute atomic E-state index is 0.0477. The molecule has 0 bridgehead atoms. The van der Waals surface area contributed by atoms with Crippen LogP contribution in [0.3, 0.4) is 0 Å². The topological polar surface area (TPSA) is 45.1 Å². The Kier molecular flexibility index (Phi) is 5.58. The zero-order chi connectivity index (χ0) is 16.9. The molecule has 0 unspecified atom stereocenters. The van der Waals surface area contributed by atoms with E-state index >= 15 is 0 Å². The van der Waals surface area contributed by atoms with Crippen LogP contribution in [0.5, 0.6) is 0 Å². The number of aliphatic imine (C=N–C) groups is 1. The lowest BCUT2D eigenvalue weighted by Gasteiger charge is -2.30. The maximum atomic E-state index is 12.6. The Hall–Kier alpha value is -1.79. The van der Waals surface area contributed by atoms with Crippen LogP contribution in [0, 0.1) is 0 Å². The highest BCUT2D eigenvalue weighted by Gasteiger charge is 2.32. The second-order valence-electron chi connectivity index (χ2n) is 5.58. The number of para-hydroxylation sites is 1. The van der Waals surface area contributed by atoms with Crippen molar-refractivity contribution in [3.63, 3.8) is 0 Å². The molecule has 128 valence electrons. The quantitative estimate of drug-likeness (QED) is 0.787. The van der Waals surface area contributed by atoms with Crippen molar-refractivity contribution in [3.8, 4) is 0 Å². The van der Waals surface area contributed by atoms with Crippen molar-refractivity contribution in [1.29, 1.82) is 0 Å². The van der Waals surface area contributed by atoms with E-state index in [4.69, 9.17) is 4.74 Å². The van der Waals surface area contributed by atoms with Gasteiger partial charge in [0.25, 0.3) is 5.91 Å². The van der Waals surface area contributed by atoms with E-state index in [0.29, 0.717) is 13.1 Å². The highest BCUT2D eigenvalue weighted by Crippen LogP contribution is 2.34. The molecule has 5 nitrogen and oxygen atoms in total. The van der Waals surface area contributed by atoms with Gasteiger partial charge in [0.1, 0.15) is 0 Å². The van der Waals surface area contributed by atoms with Gasteiger partial charge in [-0.2, -0.15) is 0 Å². The van der Waals surface area contributed by atoms with Crippen LogP contribution in [0.1, 0.15) is 19.4 Å². The Bertz CT molecular complexity index is 666. The molecule has 0 saturated carbocycles. The third-order valence-corrected chi connectivity index (χ3v) is 5.12. The van der Waals surface area contributed by atoms with Gasteiger partial charge in [-0.3, -0.25) is 14.7 Å². The van der Waals surface area contributed by atoms with Crippen molar-refractivity contribution in [1.82, 2.24) is 4.90 Å². The van der Waals surface area contributed by atoms with Crippen LogP contribution >= 0.6 is 11.8 Å². The van der Waals surface area contributed by atoms with Gasteiger partial charge in [0.15, 0.2) is 5.17 Å². The number of hydrogen-bond acceptors (Lipinski definition) is 5. The smallest absolute Gasteiger partial charge is 0.266 e. The molecule has 2 saturated heterocycles. The number of nitrogens with zero attached hydrogens (tertiary/aromatic N) is 3. The second kappa shape index (κ2) is 7.85. The summed E-state index contributed by atoms with van der Waals surface area (Å²) in [6, 6.07) is 8.23. The minimum Gasteiger partial charge on any atom is -0.378 e. The molecule has 0 spiro atoms. The number of carbonyl (C=O) groups is 1. The van der Waals surface area contributed by atoms with Crippen molar-refractivity contribution in [2.45, 2.75) is 13.8 Å². The summed E-state index contributed by atoms with van der Waals surface area (Å²) in [5.41, 5.74) is 2.23. The van der Waals surface area contributed by atoms with Gasteiger partial charge in [0.05, 0.1) is 18.1 Å². The fourth-order valence-corrected chi connectivity index (χ4v) is 3.98. The standard InChI is InChI=1S/C18H23N3O2S/c1-3-19-18-21(4-2)17(22)16(24-18)13-14-7-5-6-8-15(14)20-9-11-23-12-10-20/h5-8,13H,3-4,9-12H2,1-2H3/b16-13+,19-18?. The molecular weight excluding hydrogens is 322 g/mol. The molecule has 6 heteroatoms. The van der Waals surface area contributed by atoms with E-state index in [1.807, 2.05) is 32.1 Å². The monoisotopic (exact) mass is 345 g/mol. The van der Waals surface area contributed by atoms with E-state index in [1.54, 1.807) is 4.90 Å². The van der Waals surface area contributed by atoms with E-state index in [0.717, 1.165) is 47.6 Å². The first-order chi connectivity index (χ1) is 11.7. The van der Waals surface area contributed by atoms with Crippen molar-refractivity contribution in [2.75, 3.05) is 44.3 Å². The van der Waals surface area contributed by atoms with Crippen LogP contribution in [0.2, 0.25) is 0 Å². The highest BCUT2D eigenvalue weighted by molar-refractivity contribution is 8.18. The number of ether oxygens (including phenoxy) is 1. The summed E-state index contributed by atoms with van der Waals surface area (Å²) >= 11 is 1.47. The van der Waals surface area contributed by atoms with Gasteiger partial charge >= 0.3 is 0 Å². The fraction of sp³-hybridized carbons (Fsp3) is 0.444. The van der Waals surface area contributed by atoms with Crippen molar-refractivity contribution < 1.29 is 9.53 Å². The van der Waals surface area contributed by atoms with Gasteiger partial charge in [-0.15, -0.1) is 0 Å². The molecule has 2 fully saturated rings. The molecule has 3 rings (SSSR count). The zero-order valence-corrected chi connectivity index (χ0v) is 15.0. The Balaban J connectivity index is 1.91. The van der Waals surface area contributed by atoms with Crippen LogP contribution in [0.4, 0.5) is 5.69 Å². The van der Waals surface area contributed by atoms with Crippen LogP contribution in [-0.2, 0) is 9.53 Å². The Labute approximate surface area is 147 Å². The van der Waals surface area contributed by atoms with Gasteiger partial charge in [0.2, 0.25) is 0 Å². The summed E-state index contributed by atoms with van der Waals surface area (Å²) in [6.07, 6.45) is 2.00. The molecule has 0 aromatic heterocycles. The Morgan fingerprint density at radius 3 is 2.71 bits per heavy atom. The third kappa shape index (κ3) is 3.49. The van der Waals surface area contributed by atoms with Crippen molar-refractivity contribution in [2.24, 2.45) is 4.99 Å². The number of amides is 1. The van der Waals surface area contributed by atoms with Crippen molar-refractivity contribution in [3.05, 3.63) is 34.7 Å². The van der Waals surface area contributed by atoms with Gasteiger partial charge in [-0.25, -0.2) is 0 Å². The molecule has 0 atom stereocenters. The van der Waals surface area contributed by atoms with Crippen LogP contribution in [0.25, 0.3) is 6.08 Å². The van der Waals surface area contributed by atoms with E-state index < -0.39 is 0 Å². The predicted molar refractivity (Wildman–Crippen MR) is 100 cm³/mol. The second-order valence-corrected chi connectivity index (χ2v) is 6.58. The molecule has 1 aromatic rings. The molecular formula is C18H23N3O2S. The summed E-state index contributed by atoms with van der Waals surface area (Å²) in [7, 11) is 0. The molecule has 2 aliphatic rings. The number of hydrogen-bond donors (Lipinski definition) is 0. The SMILES string of the molecule is CCN=C1S/C(=C/c2ccccc2N2CCOCC2)C(=O)N1CC. The van der Waals surface area contributed by atoms with E-state index in [9.17, 15) is 4.79 Å². The number of likely N-dealkylation sites (N-methyl/N-ethyl adjacent to an activating group) is 1. The molecule has 2 heterocycles. The maximum absolute atomic E-state index is 12.6. The van der Waals surface area contributed by atoms with E-state index in [2.05, 4.69) is 22.0 Å². The first-order valence-electron chi connectivity index (χ1n) is 8.42. The van der Waals surface area contributed by atoms with Gasteiger partial charge in [0, 0.05) is 31.9 Å². The van der Waals surface area contributed by atoms with Crippen molar-refractivity contribution >= 4 is 34.6 Å². The van der Waals surface area contributed by atoms with Crippen LogP contribution in [0.15, 0.2) is 34.2 Å². The average Bonchev–Trinajstić information content (AvgIpc) is 2.91. The number of anilines is 1. The largest absolute Gasteiger partial charge is 0.378 e. The molecule has 1 aromatic carbocycles. The number of amidine groups is 1. The normalized spacial score (nSPS) is 22.0. The lowest BCUT2D eigenvalue weighted by molar-refractivity contribution is -0.122. The fourth-order valence-electron chi connectivity index (χ4n) is 2.88. The number of carbonyl (C=O) groups excluding carboxylic acids is 1. The summed E-state index contributed by atoms with van der Waals surface area (Å²) in [6.45, 7) is 8.55. The zero-order valence-electron chi connectivity index (χ0n) is 14.2. The van der Waals surface area contributed by atoms with Crippen LogP contribution < -0.4 is 4.90 Å². The van der Waals surface area contributed by atoms with Gasteiger partial charge in [-0.05, 0) is 43.3 Å². The molecule has 0 radical (unpaired) electrons. The number of benzene rings is 1.